The lowest BCUT2D eigenvalue weighted by Gasteiger charge is -2.20. The molecular weight excluding hydrogens is 400 g/mol. The minimum absolute atomic E-state index is 0.277. The molecule has 0 aromatic heterocycles. The summed E-state index contributed by atoms with van der Waals surface area (Å²) in [6, 6.07) is 5.44. The zero-order valence-electron chi connectivity index (χ0n) is 19.7. The van der Waals surface area contributed by atoms with Gasteiger partial charge in [-0.05, 0) is 84.6 Å². The molecule has 0 bridgehead atoms. The molecule has 1 aromatic carbocycles. The summed E-state index contributed by atoms with van der Waals surface area (Å²) in [5.41, 5.74) is 1.04. The molecule has 8 nitrogen and oxygen atoms in total. The zero-order chi connectivity index (χ0) is 23.7. The van der Waals surface area contributed by atoms with Crippen LogP contribution in [0.3, 0.4) is 0 Å². The molecule has 2 N–H and O–H groups in total. The van der Waals surface area contributed by atoms with Gasteiger partial charge in [0.25, 0.3) is 0 Å². The molecule has 0 heterocycles. The second-order valence-electron chi connectivity index (χ2n) is 9.12. The number of hydrogen-bond donors (Lipinski definition) is 2. The van der Waals surface area contributed by atoms with Crippen molar-refractivity contribution in [3.05, 3.63) is 34.9 Å². The number of carbonyl (C=O) groups is 3. The SMILES string of the molecule is CCOC(=O)c1cc(CCNC(=O)OC(C)(C)C)cc(CCNC(=O)OC(C)(C)C)c1. The maximum absolute atomic E-state index is 12.2. The van der Waals surface area contributed by atoms with Crippen LogP contribution >= 0.6 is 0 Å². The molecule has 1 aromatic rings. The highest BCUT2D eigenvalue weighted by Gasteiger charge is 2.17. The van der Waals surface area contributed by atoms with Crippen molar-refractivity contribution < 1.29 is 28.6 Å². The number of alkyl carbamates (subject to hydrolysis) is 2. The molecule has 0 saturated carbocycles. The first kappa shape index (κ1) is 26.3. The van der Waals surface area contributed by atoms with Crippen LogP contribution in [0.5, 0.6) is 0 Å². The third kappa shape index (κ3) is 11.9. The van der Waals surface area contributed by atoms with Gasteiger partial charge in [0.2, 0.25) is 0 Å². The van der Waals surface area contributed by atoms with Crippen LogP contribution in [0, 0.1) is 0 Å². The average Bonchev–Trinajstić information content (AvgIpc) is 2.58. The normalized spacial score (nSPS) is 11.5. The Kier molecular flexibility index (Phi) is 9.81. The van der Waals surface area contributed by atoms with Gasteiger partial charge in [0.15, 0.2) is 0 Å². The first-order chi connectivity index (χ1) is 14.3. The van der Waals surface area contributed by atoms with E-state index in [1.807, 2.05) is 6.07 Å². The van der Waals surface area contributed by atoms with Crippen molar-refractivity contribution in [3.8, 4) is 0 Å². The molecule has 1 rings (SSSR count). The third-order valence-electron chi connectivity index (χ3n) is 3.73. The van der Waals surface area contributed by atoms with Gasteiger partial charge in [-0.2, -0.15) is 0 Å². The van der Waals surface area contributed by atoms with E-state index in [-0.39, 0.29) is 6.61 Å². The molecule has 0 atom stereocenters. The van der Waals surface area contributed by atoms with Gasteiger partial charge in [-0.1, -0.05) is 6.07 Å². The summed E-state index contributed by atoms with van der Waals surface area (Å²) >= 11 is 0. The maximum Gasteiger partial charge on any atom is 0.407 e. The zero-order valence-corrected chi connectivity index (χ0v) is 19.7. The van der Waals surface area contributed by atoms with Crippen LogP contribution in [-0.2, 0) is 27.1 Å². The van der Waals surface area contributed by atoms with Crippen molar-refractivity contribution in [1.29, 1.82) is 0 Å². The summed E-state index contributed by atoms with van der Waals surface area (Å²) in [5.74, 6) is -0.411. The fourth-order valence-electron chi connectivity index (χ4n) is 2.63. The number of ether oxygens (including phenoxy) is 3. The van der Waals surface area contributed by atoms with Crippen LogP contribution in [-0.4, -0.2) is 49.1 Å². The standard InChI is InChI=1S/C23H36N2O6/c1-8-29-19(26)18-14-16(9-11-24-20(27)30-22(2,3)4)13-17(15-18)10-12-25-21(28)31-23(5,6)7/h13-15H,8-12H2,1-7H3,(H,24,27)(H,25,28). The lowest BCUT2D eigenvalue weighted by molar-refractivity contribution is 0.0514. The lowest BCUT2D eigenvalue weighted by Crippen LogP contribution is -2.33. The van der Waals surface area contributed by atoms with E-state index in [4.69, 9.17) is 14.2 Å². The lowest BCUT2D eigenvalue weighted by atomic mass is 10.0. The van der Waals surface area contributed by atoms with Crippen LogP contribution in [0.1, 0.15) is 70.0 Å². The number of esters is 1. The predicted molar refractivity (Wildman–Crippen MR) is 118 cm³/mol. The van der Waals surface area contributed by atoms with E-state index in [1.165, 1.54) is 0 Å². The van der Waals surface area contributed by atoms with Crippen molar-refractivity contribution in [1.82, 2.24) is 10.6 Å². The minimum atomic E-state index is -0.567. The van der Waals surface area contributed by atoms with E-state index in [0.717, 1.165) is 11.1 Å². The summed E-state index contributed by atoms with van der Waals surface area (Å²) in [5, 5.41) is 5.42. The largest absolute Gasteiger partial charge is 0.462 e. The second-order valence-corrected chi connectivity index (χ2v) is 9.12. The second kappa shape index (κ2) is 11.6. The molecule has 31 heavy (non-hydrogen) atoms. The summed E-state index contributed by atoms with van der Waals surface area (Å²) < 4.78 is 15.6. The summed E-state index contributed by atoms with van der Waals surface area (Å²) in [6.45, 7) is 13.5. The smallest absolute Gasteiger partial charge is 0.407 e. The van der Waals surface area contributed by atoms with Crippen molar-refractivity contribution in [2.24, 2.45) is 0 Å². The van der Waals surface area contributed by atoms with E-state index in [0.29, 0.717) is 31.5 Å². The molecule has 8 heteroatoms. The quantitative estimate of drug-likeness (QED) is 0.472. The summed E-state index contributed by atoms with van der Waals surface area (Å²) in [4.78, 5) is 35.9. The minimum Gasteiger partial charge on any atom is -0.462 e. The van der Waals surface area contributed by atoms with Gasteiger partial charge in [-0.25, -0.2) is 14.4 Å². The fraction of sp³-hybridized carbons (Fsp3) is 0.609. The number of benzene rings is 1. The molecule has 0 radical (unpaired) electrons. The molecule has 174 valence electrons. The molecule has 0 fully saturated rings. The van der Waals surface area contributed by atoms with E-state index in [1.54, 1.807) is 60.6 Å². The number of carbonyl (C=O) groups excluding carboxylic acids is 3. The van der Waals surface area contributed by atoms with E-state index in [9.17, 15) is 14.4 Å². The molecule has 0 aliphatic rings. The fourth-order valence-corrected chi connectivity index (χ4v) is 2.63. The Balaban J connectivity index is 2.77. The molecular formula is C23H36N2O6. The predicted octanol–water partition coefficient (Wildman–Crippen LogP) is 4.00. The number of rotatable bonds is 8. The van der Waals surface area contributed by atoms with Crippen molar-refractivity contribution in [3.63, 3.8) is 0 Å². The van der Waals surface area contributed by atoms with Gasteiger partial charge in [0, 0.05) is 13.1 Å². The number of amides is 2. The highest BCUT2D eigenvalue weighted by atomic mass is 16.6. The van der Waals surface area contributed by atoms with Gasteiger partial charge in [-0.15, -0.1) is 0 Å². The van der Waals surface area contributed by atoms with Crippen LogP contribution in [0.2, 0.25) is 0 Å². The Bertz CT molecular complexity index is 710. The molecule has 0 saturated heterocycles. The summed E-state index contributed by atoms with van der Waals surface area (Å²) in [6.07, 6.45) is 0.0458. The molecule has 0 unspecified atom stereocenters. The Labute approximate surface area is 185 Å². The highest BCUT2D eigenvalue weighted by molar-refractivity contribution is 5.89. The first-order valence-electron chi connectivity index (χ1n) is 10.5. The van der Waals surface area contributed by atoms with Gasteiger partial charge in [0.1, 0.15) is 11.2 Å². The average molecular weight is 437 g/mol. The van der Waals surface area contributed by atoms with Crippen LogP contribution in [0.15, 0.2) is 18.2 Å². The highest BCUT2D eigenvalue weighted by Crippen LogP contribution is 2.14. The topological polar surface area (TPSA) is 103 Å². The Morgan fingerprint density at radius 1 is 0.774 bits per heavy atom. The van der Waals surface area contributed by atoms with E-state index < -0.39 is 29.4 Å². The molecule has 0 aliphatic heterocycles. The third-order valence-corrected chi connectivity index (χ3v) is 3.73. The Morgan fingerprint density at radius 2 is 1.19 bits per heavy atom. The molecule has 0 spiro atoms. The molecule has 0 aliphatic carbocycles. The molecule has 2 amide bonds. The number of hydrogen-bond acceptors (Lipinski definition) is 6. The Morgan fingerprint density at radius 3 is 1.55 bits per heavy atom. The first-order valence-corrected chi connectivity index (χ1v) is 10.5. The van der Waals surface area contributed by atoms with Gasteiger partial charge < -0.3 is 24.8 Å². The van der Waals surface area contributed by atoms with E-state index >= 15 is 0 Å². The van der Waals surface area contributed by atoms with Crippen molar-refractivity contribution >= 4 is 18.2 Å². The van der Waals surface area contributed by atoms with Gasteiger partial charge in [0.05, 0.1) is 12.2 Å². The van der Waals surface area contributed by atoms with E-state index in [2.05, 4.69) is 10.6 Å². The van der Waals surface area contributed by atoms with Gasteiger partial charge >= 0.3 is 18.2 Å². The van der Waals surface area contributed by atoms with Crippen LogP contribution in [0.25, 0.3) is 0 Å². The number of nitrogens with one attached hydrogen (secondary N) is 2. The van der Waals surface area contributed by atoms with Crippen LogP contribution in [0.4, 0.5) is 9.59 Å². The van der Waals surface area contributed by atoms with Crippen molar-refractivity contribution in [2.45, 2.75) is 72.5 Å². The maximum atomic E-state index is 12.2. The van der Waals surface area contributed by atoms with Crippen molar-refractivity contribution in [2.75, 3.05) is 19.7 Å². The van der Waals surface area contributed by atoms with Gasteiger partial charge in [-0.3, -0.25) is 0 Å². The summed E-state index contributed by atoms with van der Waals surface area (Å²) in [7, 11) is 0. The monoisotopic (exact) mass is 436 g/mol. The van der Waals surface area contributed by atoms with Crippen LogP contribution < -0.4 is 10.6 Å². The Hall–Kier alpha value is -2.77.